The summed E-state index contributed by atoms with van der Waals surface area (Å²) < 4.78 is 9.98. The molecule has 0 aliphatic heterocycles. The van der Waals surface area contributed by atoms with Crippen LogP contribution in [0.2, 0.25) is 0 Å². The normalized spacial score (nSPS) is 13.9. The van der Waals surface area contributed by atoms with Gasteiger partial charge in [0.1, 0.15) is 11.8 Å². The number of ether oxygens (including phenoxy) is 2. The maximum atomic E-state index is 11.5. The Balaban J connectivity index is 2.73. The summed E-state index contributed by atoms with van der Waals surface area (Å²) in [6.45, 7) is 4.02. The van der Waals surface area contributed by atoms with Crippen molar-refractivity contribution in [3.8, 4) is 5.75 Å². The maximum absolute atomic E-state index is 11.5. The molecular weight excluding hydrogens is 218 g/mol. The average Bonchev–Trinajstić information content (AvgIpc) is 2.37. The van der Waals surface area contributed by atoms with E-state index in [-0.39, 0.29) is 11.9 Å². The Morgan fingerprint density at radius 2 is 1.94 bits per heavy atom. The van der Waals surface area contributed by atoms with Crippen molar-refractivity contribution in [1.29, 1.82) is 0 Å². The van der Waals surface area contributed by atoms with Crippen LogP contribution in [0, 0.1) is 0 Å². The van der Waals surface area contributed by atoms with Crippen LogP contribution in [0.1, 0.15) is 25.3 Å². The van der Waals surface area contributed by atoms with Crippen molar-refractivity contribution < 1.29 is 14.3 Å². The van der Waals surface area contributed by atoms with Gasteiger partial charge in [-0.25, -0.2) is 0 Å². The average molecular weight is 237 g/mol. The number of esters is 1. The lowest BCUT2D eigenvalue weighted by Crippen LogP contribution is -2.37. The SMILES string of the molecule is CCOC(=O)C(N)C(C)c1ccc(OC)cc1. The summed E-state index contributed by atoms with van der Waals surface area (Å²) in [5.41, 5.74) is 6.84. The predicted molar refractivity (Wildman–Crippen MR) is 66.0 cm³/mol. The summed E-state index contributed by atoms with van der Waals surface area (Å²) in [5.74, 6) is 0.335. The van der Waals surface area contributed by atoms with Gasteiger partial charge in [-0.1, -0.05) is 19.1 Å². The Bertz CT molecular complexity index is 361. The van der Waals surface area contributed by atoms with Crippen LogP contribution < -0.4 is 10.5 Å². The second-order valence-corrected chi connectivity index (χ2v) is 3.84. The number of carbonyl (C=O) groups is 1. The molecule has 1 rings (SSSR count). The van der Waals surface area contributed by atoms with E-state index in [1.54, 1.807) is 14.0 Å². The van der Waals surface area contributed by atoms with Gasteiger partial charge in [0, 0.05) is 5.92 Å². The van der Waals surface area contributed by atoms with E-state index in [1.807, 2.05) is 31.2 Å². The highest BCUT2D eigenvalue weighted by atomic mass is 16.5. The molecule has 4 nitrogen and oxygen atoms in total. The van der Waals surface area contributed by atoms with Crippen LogP contribution in [-0.2, 0) is 9.53 Å². The molecule has 0 aromatic heterocycles. The molecule has 0 saturated heterocycles. The Labute approximate surface area is 102 Å². The molecule has 0 fully saturated rings. The molecule has 0 aliphatic carbocycles. The zero-order chi connectivity index (χ0) is 12.8. The van der Waals surface area contributed by atoms with Gasteiger partial charge in [0.2, 0.25) is 0 Å². The number of carbonyl (C=O) groups excluding carboxylic acids is 1. The van der Waals surface area contributed by atoms with Crippen LogP contribution in [0.4, 0.5) is 0 Å². The second-order valence-electron chi connectivity index (χ2n) is 3.84. The van der Waals surface area contributed by atoms with Crippen LogP contribution in [0.5, 0.6) is 5.75 Å². The minimum Gasteiger partial charge on any atom is -0.497 e. The summed E-state index contributed by atoms with van der Waals surface area (Å²) in [4.78, 5) is 11.5. The molecular formula is C13H19NO3. The second kappa shape index (κ2) is 6.25. The fraction of sp³-hybridized carbons (Fsp3) is 0.462. The minimum absolute atomic E-state index is 0.0834. The van der Waals surface area contributed by atoms with E-state index in [0.29, 0.717) is 6.61 Å². The lowest BCUT2D eigenvalue weighted by atomic mass is 9.94. The van der Waals surface area contributed by atoms with Gasteiger partial charge < -0.3 is 15.2 Å². The molecule has 0 heterocycles. The molecule has 1 aromatic rings. The van der Waals surface area contributed by atoms with Crippen molar-refractivity contribution in [2.45, 2.75) is 25.8 Å². The van der Waals surface area contributed by atoms with Gasteiger partial charge in [0.25, 0.3) is 0 Å². The first-order valence-corrected chi connectivity index (χ1v) is 5.66. The lowest BCUT2D eigenvalue weighted by Gasteiger charge is -2.18. The molecule has 2 atom stereocenters. The van der Waals surface area contributed by atoms with Gasteiger partial charge in [0.15, 0.2) is 0 Å². The standard InChI is InChI=1S/C13H19NO3/c1-4-17-13(15)12(14)9(2)10-5-7-11(16-3)8-6-10/h5-9,12H,4,14H2,1-3H3. The number of rotatable bonds is 5. The first-order chi connectivity index (χ1) is 8.10. The predicted octanol–water partition coefficient (Wildman–Crippen LogP) is 1.69. The van der Waals surface area contributed by atoms with Crippen LogP contribution in [0.3, 0.4) is 0 Å². The number of methoxy groups -OCH3 is 1. The van der Waals surface area contributed by atoms with Crippen molar-refractivity contribution in [3.05, 3.63) is 29.8 Å². The van der Waals surface area contributed by atoms with Crippen molar-refractivity contribution in [1.82, 2.24) is 0 Å². The molecule has 17 heavy (non-hydrogen) atoms. The van der Waals surface area contributed by atoms with E-state index in [2.05, 4.69) is 0 Å². The monoisotopic (exact) mass is 237 g/mol. The van der Waals surface area contributed by atoms with Crippen LogP contribution in [-0.4, -0.2) is 25.7 Å². The van der Waals surface area contributed by atoms with Crippen LogP contribution >= 0.6 is 0 Å². The Morgan fingerprint density at radius 1 is 1.35 bits per heavy atom. The molecule has 0 spiro atoms. The Hall–Kier alpha value is -1.55. The summed E-state index contributed by atoms with van der Waals surface area (Å²) in [6.07, 6.45) is 0. The molecule has 0 amide bonds. The van der Waals surface area contributed by atoms with Crippen molar-refractivity contribution in [2.75, 3.05) is 13.7 Å². The van der Waals surface area contributed by atoms with Gasteiger partial charge in [-0.3, -0.25) is 4.79 Å². The summed E-state index contributed by atoms with van der Waals surface area (Å²) in [7, 11) is 1.61. The summed E-state index contributed by atoms with van der Waals surface area (Å²) in [5, 5.41) is 0. The summed E-state index contributed by atoms with van der Waals surface area (Å²) >= 11 is 0. The number of benzene rings is 1. The molecule has 94 valence electrons. The zero-order valence-corrected chi connectivity index (χ0v) is 10.5. The molecule has 0 saturated carbocycles. The topological polar surface area (TPSA) is 61.5 Å². The first kappa shape index (κ1) is 13.5. The van der Waals surface area contributed by atoms with E-state index in [1.165, 1.54) is 0 Å². The molecule has 0 bridgehead atoms. The third-order valence-electron chi connectivity index (χ3n) is 2.74. The third kappa shape index (κ3) is 3.46. The van der Waals surface area contributed by atoms with Gasteiger partial charge in [0.05, 0.1) is 13.7 Å². The van der Waals surface area contributed by atoms with Crippen LogP contribution in [0.15, 0.2) is 24.3 Å². The lowest BCUT2D eigenvalue weighted by molar-refractivity contribution is -0.145. The highest BCUT2D eigenvalue weighted by molar-refractivity contribution is 5.76. The quantitative estimate of drug-likeness (QED) is 0.792. The van der Waals surface area contributed by atoms with Gasteiger partial charge >= 0.3 is 5.97 Å². The fourth-order valence-corrected chi connectivity index (χ4v) is 1.56. The molecule has 0 aliphatic rings. The summed E-state index contributed by atoms with van der Waals surface area (Å²) in [6, 6.07) is 6.88. The van der Waals surface area contributed by atoms with Crippen molar-refractivity contribution in [2.24, 2.45) is 5.73 Å². The van der Waals surface area contributed by atoms with Crippen molar-refractivity contribution in [3.63, 3.8) is 0 Å². The van der Waals surface area contributed by atoms with E-state index in [4.69, 9.17) is 15.2 Å². The van der Waals surface area contributed by atoms with Gasteiger partial charge in [-0.15, -0.1) is 0 Å². The smallest absolute Gasteiger partial charge is 0.323 e. The molecule has 2 unspecified atom stereocenters. The molecule has 1 aromatic carbocycles. The highest BCUT2D eigenvalue weighted by Gasteiger charge is 2.23. The zero-order valence-electron chi connectivity index (χ0n) is 10.5. The fourth-order valence-electron chi connectivity index (χ4n) is 1.56. The van der Waals surface area contributed by atoms with Gasteiger partial charge in [-0.2, -0.15) is 0 Å². The largest absolute Gasteiger partial charge is 0.497 e. The first-order valence-electron chi connectivity index (χ1n) is 5.66. The van der Waals surface area contributed by atoms with Crippen molar-refractivity contribution >= 4 is 5.97 Å². The van der Waals surface area contributed by atoms with E-state index in [9.17, 15) is 4.79 Å². The number of nitrogens with two attached hydrogens (primary N) is 1. The van der Waals surface area contributed by atoms with Gasteiger partial charge in [-0.05, 0) is 24.6 Å². The third-order valence-corrected chi connectivity index (χ3v) is 2.74. The Kier molecular flexibility index (Phi) is 4.97. The molecule has 4 heteroatoms. The number of hydrogen-bond acceptors (Lipinski definition) is 4. The molecule has 2 N–H and O–H groups in total. The Morgan fingerprint density at radius 3 is 2.41 bits per heavy atom. The maximum Gasteiger partial charge on any atom is 0.323 e. The molecule has 0 radical (unpaired) electrons. The van der Waals surface area contributed by atoms with E-state index < -0.39 is 6.04 Å². The minimum atomic E-state index is -0.636. The highest BCUT2D eigenvalue weighted by Crippen LogP contribution is 2.21. The van der Waals surface area contributed by atoms with E-state index in [0.717, 1.165) is 11.3 Å². The van der Waals surface area contributed by atoms with E-state index >= 15 is 0 Å². The number of hydrogen-bond donors (Lipinski definition) is 1. The van der Waals surface area contributed by atoms with Crippen LogP contribution in [0.25, 0.3) is 0 Å².